The van der Waals surface area contributed by atoms with Gasteiger partial charge in [0.05, 0.1) is 31.9 Å². The highest BCUT2D eigenvalue weighted by atomic mass is 32.2. The summed E-state index contributed by atoms with van der Waals surface area (Å²) in [6, 6.07) is 9.09. The van der Waals surface area contributed by atoms with Gasteiger partial charge >= 0.3 is 0 Å². The van der Waals surface area contributed by atoms with E-state index >= 15 is 4.39 Å². The minimum Gasteiger partial charge on any atom is -0.381 e. The van der Waals surface area contributed by atoms with Crippen molar-refractivity contribution in [1.29, 1.82) is 0 Å². The zero-order chi connectivity index (χ0) is 28.4. The van der Waals surface area contributed by atoms with E-state index in [0.717, 1.165) is 36.0 Å². The zero-order valence-corrected chi connectivity index (χ0v) is 23.8. The molecule has 2 aromatic heterocycles. The molecule has 1 fully saturated rings. The molecule has 1 atom stereocenters. The Bertz CT molecular complexity index is 1550. The van der Waals surface area contributed by atoms with Gasteiger partial charge in [-0.2, -0.15) is 0 Å². The maximum atomic E-state index is 15.9. The Labute approximate surface area is 236 Å². The lowest BCUT2D eigenvalue weighted by molar-refractivity contribution is 0.0903. The van der Waals surface area contributed by atoms with Gasteiger partial charge in [0.1, 0.15) is 11.6 Å². The number of nitrogens with one attached hydrogen (secondary N) is 2. The van der Waals surface area contributed by atoms with Crippen molar-refractivity contribution >= 4 is 34.0 Å². The van der Waals surface area contributed by atoms with Crippen LogP contribution >= 0.6 is 11.3 Å². The van der Waals surface area contributed by atoms with Crippen LogP contribution in [-0.4, -0.2) is 38.4 Å². The summed E-state index contributed by atoms with van der Waals surface area (Å²) in [6.07, 6.45) is 3.34. The average molecular weight is 588 g/mol. The van der Waals surface area contributed by atoms with Crippen molar-refractivity contribution in [1.82, 2.24) is 15.0 Å². The molecule has 1 saturated heterocycles. The topological polar surface area (TPSA) is 89.0 Å². The number of aromatic nitrogens is 3. The van der Waals surface area contributed by atoms with Crippen LogP contribution in [0.3, 0.4) is 0 Å². The van der Waals surface area contributed by atoms with Crippen LogP contribution in [0, 0.1) is 17.5 Å². The highest BCUT2D eigenvalue weighted by Gasteiger charge is 2.27. The first kappa shape index (κ1) is 28.2. The van der Waals surface area contributed by atoms with E-state index in [9.17, 15) is 13.0 Å². The number of nitrogens with zero attached hydrogens (tertiary/aromatic N) is 3. The Kier molecular flexibility index (Phi) is 8.20. The smallest absolute Gasteiger partial charge is 0.223 e. The third kappa shape index (κ3) is 6.18. The number of hydrogen-bond donors (Lipinski definition) is 2. The highest BCUT2D eigenvalue weighted by molar-refractivity contribution is 7.86. The molecule has 0 saturated carbocycles. The molecule has 4 aromatic rings. The van der Waals surface area contributed by atoms with E-state index in [1.807, 2.05) is 20.8 Å². The maximum absolute atomic E-state index is 15.9. The van der Waals surface area contributed by atoms with Crippen molar-refractivity contribution in [2.45, 2.75) is 50.0 Å². The Morgan fingerprint density at radius 1 is 1.05 bits per heavy atom. The van der Waals surface area contributed by atoms with Crippen LogP contribution < -0.4 is 10.0 Å². The number of hydrogen-bond acceptors (Lipinski definition) is 7. The molecule has 3 heterocycles. The van der Waals surface area contributed by atoms with Crippen molar-refractivity contribution in [2.75, 3.05) is 23.3 Å². The van der Waals surface area contributed by atoms with Gasteiger partial charge in [-0.3, -0.25) is 4.72 Å². The number of rotatable bonds is 7. The standard InChI is InChI=1S/C28H28F3N5O2S2/c1-28(2,3)26-35-24(25(39-26)21-9-12-32-27(34-21)33-17-10-13-38-14-11-17)18-5-4-6-20(23(18)31)36-40(37)22-15-16(29)7-8-19(22)30/h4-9,12,15,17,36H,10-11,13-14H2,1-3H3,(H,32,33,34). The number of halogens is 3. The first-order valence-corrected chi connectivity index (χ1v) is 14.7. The molecule has 1 aliphatic rings. The van der Waals surface area contributed by atoms with Gasteiger partial charge in [0.2, 0.25) is 5.95 Å². The summed E-state index contributed by atoms with van der Waals surface area (Å²) in [5.41, 5.74) is 0.642. The van der Waals surface area contributed by atoms with Crippen LogP contribution in [0.25, 0.3) is 21.8 Å². The minimum atomic E-state index is -2.25. The fourth-order valence-electron chi connectivity index (χ4n) is 4.14. The first-order chi connectivity index (χ1) is 19.1. The average Bonchev–Trinajstić information content (AvgIpc) is 3.38. The van der Waals surface area contributed by atoms with Gasteiger partial charge in [0, 0.05) is 36.4 Å². The molecule has 210 valence electrons. The molecule has 2 aromatic carbocycles. The van der Waals surface area contributed by atoms with Crippen LogP contribution in [0.15, 0.2) is 53.6 Å². The van der Waals surface area contributed by atoms with E-state index in [2.05, 4.69) is 15.0 Å². The summed E-state index contributed by atoms with van der Waals surface area (Å²) in [6.45, 7) is 7.39. The quantitative estimate of drug-likeness (QED) is 0.250. The zero-order valence-electron chi connectivity index (χ0n) is 22.1. The monoisotopic (exact) mass is 587 g/mol. The number of anilines is 2. The van der Waals surface area contributed by atoms with E-state index in [-0.39, 0.29) is 22.7 Å². The molecule has 0 bridgehead atoms. The van der Waals surface area contributed by atoms with E-state index in [0.29, 0.717) is 35.4 Å². The van der Waals surface area contributed by atoms with Gasteiger partial charge in [0.15, 0.2) is 16.8 Å². The predicted molar refractivity (Wildman–Crippen MR) is 151 cm³/mol. The molecular weight excluding hydrogens is 559 g/mol. The maximum Gasteiger partial charge on any atom is 0.223 e. The Balaban J connectivity index is 1.52. The Hall–Kier alpha value is -3.35. The van der Waals surface area contributed by atoms with Crippen molar-refractivity contribution in [3.8, 4) is 21.8 Å². The molecule has 2 N–H and O–H groups in total. The molecule has 0 aliphatic carbocycles. The normalized spacial score (nSPS) is 15.2. The lowest BCUT2D eigenvalue weighted by Crippen LogP contribution is -2.28. The second kappa shape index (κ2) is 11.6. The summed E-state index contributed by atoms with van der Waals surface area (Å²) >= 11 is 1.41. The fourth-order valence-corrected chi connectivity index (χ4v) is 6.18. The van der Waals surface area contributed by atoms with Crippen LogP contribution in [-0.2, 0) is 21.1 Å². The van der Waals surface area contributed by atoms with Crippen LogP contribution in [0.1, 0.15) is 38.6 Å². The summed E-state index contributed by atoms with van der Waals surface area (Å²) in [5.74, 6) is -1.88. The van der Waals surface area contributed by atoms with E-state index in [4.69, 9.17) is 14.7 Å². The van der Waals surface area contributed by atoms with E-state index < -0.39 is 33.3 Å². The molecule has 12 heteroatoms. The van der Waals surface area contributed by atoms with Gasteiger partial charge in [-0.25, -0.2) is 32.3 Å². The van der Waals surface area contributed by atoms with Gasteiger partial charge < -0.3 is 10.1 Å². The highest BCUT2D eigenvalue weighted by Crippen LogP contribution is 2.42. The summed E-state index contributed by atoms with van der Waals surface area (Å²) in [5, 5.41) is 4.14. The number of benzene rings is 2. The molecular formula is C28H28F3N5O2S2. The molecule has 7 nitrogen and oxygen atoms in total. The summed E-state index contributed by atoms with van der Waals surface area (Å²) < 4.78 is 64.5. The van der Waals surface area contributed by atoms with Gasteiger partial charge in [-0.05, 0) is 49.2 Å². The van der Waals surface area contributed by atoms with Crippen LogP contribution in [0.4, 0.5) is 24.8 Å². The third-order valence-electron chi connectivity index (χ3n) is 6.26. The molecule has 5 rings (SSSR count). The Morgan fingerprint density at radius 2 is 1.82 bits per heavy atom. The van der Waals surface area contributed by atoms with Crippen LogP contribution in [0.5, 0.6) is 0 Å². The van der Waals surface area contributed by atoms with E-state index in [1.165, 1.54) is 17.4 Å². The van der Waals surface area contributed by atoms with Gasteiger partial charge in [0.25, 0.3) is 0 Å². The van der Waals surface area contributed by atoms with Crippen molar-refractivity contribution in [3.05, 3.63) is 71.1 Å². The predicted octanol–water partition coefficient (Wildman–Crippen LogP) is 6.71. The van der Waals surface area contributed by atoms with Crippen LogP contribution in [0.2, 0.25) is 0 Å². The van der Waals surface area contributed by atoms with Gasteiger partial charge in [-0.1, -0.05) is 26.8 Å². The minimum absolute atomic E-state index is 0.139. The lowest BCUT2D eigenvalue weighted by Gasteiger charge is -2.23. The largest absolute Gasteiger partial charge is 0.381 e. The molecule has 0 radical (unpaired) electrons. The van der Waals surface area contributed by atoms with Crippen molar-refractivity contribution in [2.24, 2.45) is 0 Å². The Morgan fingerprint density at radius 3 is 2.58 bits per heavy atom. The molecule has 1 aliphatic heterocycles. The second-order valence-electron chi connectivity index (χ2n) is 10.4. The SMILES string of the molecule is CC(C)(C)c1nc(-c2cccc(NS(=O)c3cc(F)ccc3F)c2F)c(-c2ccnc(NC3CCOCC3)n2)s1. The molecule has 40 heavy (non-hydrogen) atoms. The number of ether oxygens (including phenoxy) is 1. The molecule has 1 unspecified atom stereocenters. The van der Waals surface area contributed by atoms with Crippen molar-refractivity contribution in [3.63, 3.8) is 0 Å². The lowest BCUT2D eigenvalue weighted by atomic mass is 9.98. The summed E-state index contributed by atoms with van der Waals surface area (Å²) in [7, 11) is -2.25. The third-order valence-corrected chi connectivity index (χ3v) is 8.88. The first-order valence-electron chi connectivity index (χ1n) is 12.7. The fraction of sp³-hybridized carbons (Fsp3) is 0.321. The molecule has 0 amide bonds. The molecule has 0 spiro atoms. The van der Waals surface area contributed by atoms with Gasteiger partial charge in [-0.15, -0.1) is 11.3 Å². The second-order valence-corrected chi connectivity index (χ2v) is 12.5. The van der Waals surface area contributed by atoms with E-state index in [1.54, 1.807) is 24.4 Å². The number of thiazole rings is 1. The van der Waals surface area contributed by atoms with Crippen molar-refractivity contribution < 1.29 is 22.1 Å². The summed E-state index contributed by atoms with van der Waals surface area (Å²) in [4.78, 5) is 14.1.